The SMILES string of the molecule is O=C1OCC(CCc2cc(Cl)ccc2S(=O)(=O)O)O1. The Hall–Kier alpha value is -1.31. The second-order valence-electron chi connectivity index (χ2n) is 4.07. The summed E-state index contributed by atoms with van der Waals surface area (Å²) in [6, 6.07) is 4.08. The molecule has 0 spiro atoms. The van der Waals surface area contributed by atoms with Crippen LogP contribution >= 0.6 is 11.6 Å². The molecule has 0 aromatic heterocycles. The lowest BCUT2D eigenvalue weighted by molar-refractivity contribution is 0.116. The van der Waals surface area contributed by atoms with Crippen molar-refractivity contribution in [3.05, 3.63) is 28.8 Å². The van der Waals surface area contributed by atoms with E-state index in [0.717, 1.165) is 0 Å². The zero-order valence-corrected chi connectivity index (χ0v) is 11.3. The molecule has 0 amide bonds. The molecule has 0 aliphatic carbocycles. The monoisotopic (exact) mass is 306 g/mol. The summed E-state index contributed by atoms with van der Waals surface area (Å²) in [5.41, 5.74) is 0.373. The number of hydrogen-bond acceptors (Lipinski definition) is 5. The Kier molecular flexibility index (Phi) is 3.98. The molecule has 1 heterocycles. The van der Waals surface area contributed by atoms with Gasteiger partial charge in [-0.3, -0.25) is 4.55 Å². The Morgan fingerprint density at radius 3 is 2.74 bits per heavy atom. The molecule has 104 valence electrons. The van der Waals surface area contributed by atoms with Gasteiger partial charge in [0.15, 0.2) is 0 Å². The summed E-state index contributed by atoms with van der Waals surface area (Å²) in [6.07, 6.45) is -0.474. The summed E-state index contributed by atoms with van der Waals surface area (Å²) in [4.78, 5) is 10.6. The molecule has 1 fully saturated rings. The first-order valence-electron chi connectivity index (χ1n) is 5.45. The van der Waals surface area contributed by atoms with Crippen molar-refractivity contribution in [1.29, 1.82) is 0 Å². The van der Waals surface area contributed by atoms with E-state index in [4.69, 9.17) is 20.9 Å². The zero-order chi connectivity index (χ0) is 14.0. The highest BCUT2D eigenvalue weighted by Crippen LogP contribution is 2.23. The smallest absolute Gasteiger partial charge is 0.430 e. The fourth-order valence-corrected chi connectivity index (χ4v) is 2.75. The van der Waals surface area contributed by atoms with Gasteiger partial charge in [-0.05, 0) is 36.6 Å². The van der Waals surface area contributed by atoms with Crippen LogP contribution in [0, 0.1) is 0 Å². The van der Waals surface area contributed by atoms with E-state index >= 15 is 0 Å². The second kappa shape index (κ2) is 5.36. The number of cyclic esters (lactones) is 2. The van der Waals surface area contributed by atoms with Gasteiger partial charge >= 0.3 is 6.16 Å². The normalized spacial score (nSPS) is 19.1. The van der Waals surface area contributed by atoms with Crippen LogP contribution in [0.1, 0.15) is 12.0 Å². The topological polar surface area (TPSA) is 89.9 Å². The molecule has 0 saturated carbocycles. The van der Waals surface area contributed by atoms with Gasteiger partial charge in [0, 0.05) is 5.02 Å². The van der Waals surface area contributed by atoms with Crippen LogP contribution in [0.5, 0.6) is 0 Å². The fraction of sp³-hybridized carbons (Fsp3) is 0.364. The molecule has 1 aromatic rings. The Morgan fingerprint density at radius 2 is 2.16 bits per heavy atom. The van der Waals surface area contributed by atoms with Crippen LogP contribution < -0.4 is 0 Å². The van der Waals surface area contributed by atoms with E-state index in [-0.39, 0.29) is 17.9 Å². The minimum absolute atomic E-state index is 0.139. The van der Waals surface area contributed by atoms with E-state index in [1.54, 1.807) is 0 Å². The summed E-state index contributed by atoms with van der Waals surface area (Å²) in [6.45, 7) is 0.139. The lowest BCUT2D eigenvalue weighted by Gasteiger charge is -2.09. The number of halogens is 1. The Bertz CT molecular complexity index is 597. The van der Waals surface area contributed by atoms with Gasteiger partial charge in [-0.25, -0.2) is 4.79 Å². The number of carbonyl (C=O) groups is 1. The first kappa shape index (κ1) is 14.1. The average Bonchev–Trinajstić information content (AvgIpc) is 2.71. The Labute approximate surface area is 115 Å². The van der Waals surface area contributed by atoms with Gasteiger partial charge in [-0.1, -0.05) is 11.6 Å². The zero-order valence-electron chi connectivity index (χ0n) is 9.71. The minimum Gasteiger partial charge on any atom is -0.430 e. The van der Waals surface area contributed by atoms with Crippen LogP contribution in [0.4, 0.5) is 4.79 Å². The molecule has 1 aromatic carbocycles. The highest BCUT2D eigenvalue weighted by atomic mass is 35.5. The molecule has 1 unspecified atom stereocenters. The number of aryl methyl sites for hydroxylation is 1. The molecule has 6 nitrogen and oxygen atoms in total. The highest BCUT2D eigenvalue weighted by molar-refractivity contribution is 7.85. The summed E-state index contributed by atoms with van der Waals surface area (Å²) >= 11 is 5.80. The van der Waals surface area contributed by atoms with Crippen molar-refractivity contribution in [3.63, 3.8) is 0 Å². The molecule has 0 bridgehead atoms. The van der Waals surface area contributed by atoms with E-state index in [1.807, 2.05) is 0 Å². The van der Waals surface area contributed by atoms with Gasteiger partial charge in [-0.15, -0.1) is 0 Å². The minimum atomic E-state index is -4.30. The lowest BCUT2D eigenvalue weighted by atomic mass is 10.1. The first-order chi connectivity index (χ1) is 8.86. The fourth-order valence-electron chi connectivity index (χ4n) is 1.82. The van der Waals surface area contributed by atoms with Crippen molar-refractivity contribution in [1.82, 2.24) is 0 Å². The van der Waals surface area contributed by atoms with Crippen LogP contribution in [-0.4, -0.2) is 31.8 Å². The van der Waals surface area contributed by atoms with E-state index in [0.29, 0.717) is 17.0 Å². The van der Waals surface area contributed by atoms with Gasteiger partial charge in [0.1, 0.15) is 12.7 Å². The van der Waals surface area contributed by atoms with E-state index < -0.39 is 22.4 Å². The standard InChI is InChI=1S/C11H11ClO6S/c12-8-2-4-10(19(14,15)16)7(5-8)1-3-9-6-17-11(13)18-9/h2,4-5,9H,1,3,6H2,(H,14,15,16). The third-order valence-electron chi connectivity index (χ3n) is 2.69. The lowest BCUT2D eigenvalue weighted by Crippen LogP contribution is -2.12. The number of ether oxygens (including phenoxy) is 2. The average molecular weight is 307 g/mol. The number of benzene rings is 1. The molecule has 1 atom stereocenters. The summed E-state index contributed by atoms with van der Waals surface area (Å²) < 4.78 is 41.0. The number of carbonyl (C=O) groups excluding carboxylic acids is 1. The van der Waals surface area contributed by atoms with Crippen LogP contribution in [0.25, 0.3) is 0 Å². The molecule has 1 saturated heterocycles. The van der Waals surface area contributed by atoms with Crippen molar-refractivity contribution in [2.24, 2.45) is 0 Å². The van der Waals surface area contributed by atoms with Crippen LogP contribution in [0.3, 0.4) is 0 Å². The maximum Gasteiger partial charge on any atom is 0.508 e. The number of rotatable bonds is 4. The van der Waals surface area contributed by atoms with Gasteiger partial charge in [0.25, 0.3) is 10.1 Å². The van der Waals surface area contributed by atoms with Gasteiger partial charge in [0.05, 0.1) is 4.90 Å². The molecule has 2 rings (SSSR count). The van der Waals surface area contributed by atoms with Crippen molar-refractivity contribution in [3.8, 4) is 0 Å². The molecule has 19 heavy (non-hydrogen) atoms. The number of hydrogen-bond donors (Lipinski definition) is 1. The van der Waals surface area contributed by atoms with Crippen molar-refractivity contribution in [2.45, 2.75) is 23.8 Å². The molecule has 0 radical (unpaired) electrons. The summed E-state index contributed by atoms with van der Waals surface area (Å²) in [5, 5.41) is 0.363. The third-order valence-corrected chi connectivity index (χ3v) is 3.88. The van der Waals surface area contributed by atoms with Crippen LogP contribution in [0.15, 0.2) is 23.1 Å². The second-order valence-corrected chi connectivity index (χ2v) is 5.89. The molecule has 1 N–H and O–H groups in total. The summed E-state index contributed by atoms with van der Waals surface area (Å²) in [7, 11) is -4.30. The highest BCUT2D eigenvalue weighted by Gasteiger charge is 2.25. The van der Waals surface area contributed by atoms with Gasteiger partial charge < -0.3 is 9.47 Å². The maximum atomic E-state index is 11.2. The quantitative estimate of drug-likeness (QED) is 0.676. The predicted octanol–water partition coefficient (Wildman–Crippen LogP) is 2.05. The van der Waals surface area contributed by atoms with Crippen molar-refractivity contribution < 1.29 is 27.2 Å². The largest absolute Gasteiger partial charge is 0.508 e. The van der Waals surface area contributed by atoms with Gasteiger partial charge in [-0.2, -0.15) is 8.42 Å². The molecular formula is C11H11ClO6S. The molecule has 1 aliphatic rings. The van der Waals surface area contributed by atoms with Crippen molar-refractivity contribution >= 4 is 27.9 Å². The van der Waals surface area contributed by atoms with Crippen LogP contribution in [0.2, 0.25) is 5.02 Å². The molecular weight excluding hydrogens is 296 g/mol. The maximum absolute atomic E-state index is 11.2. The Balaban J connectivity index is 2.15. The van der Waals surface area contributed by atoms with E-state index in [1.165, 1.54) is 18.2 Å². The van der Waals surface area contributed by atoms with Crippen molar-refractivity contribution in [2.75, 3.05) is 6.61 Å². The summed E-state index contributed by atoms with van der Waals surface area (Å²) in [5.74, 6) is 0. The van der Waals surface area contributed by atoms with Gasteiger partial charge in [0.2, 0.25) is 0 Å². The van der Waals surface area contributed by atoms with E-state index in [9.17, 15) is 13.2 Å². The molecule has 8 heteroatoms. The molecule has 1 aliphatic heterocycles. The predicted molar refractivity (Wildman–Crippen MR) is 65.8 cm³/mol. The van der Waals surface area contributed by atoms with Crippen LogP contribution in [-0.2, 0) is 26.0 Å². The van der Waals surface area contributed by atoms with E-state index in [2.05, 4.69) is 4.74 Å². The first-order valence-corrected chi connectivity index (χ1v) is 7.27. The Morgan fingerprint density at radius 1 is 1.42 bits per heavy atom. The third kappa shape index (κ3) is 3.59.